The summed E-state index contributed by atoms with van der Waals surface area (Å²) in [6.07, 6.45) is 2.83. The molecule has 0 spiro atoms. The summed E-state index contributed by atoms with van der Waals surface area (Å²) < 4.78 is 32.2. The number of para-hydroxylation sites is 1. The molecule has 0 saturated carbocycles. The number of pyridine rings is 1. The minimum Gasteiger partial charge on any atom is -0.492 e. The highest BCUT2D eigenvalue weighted by Crippen LogP contribution is 2.07. The maximum Gasteiger partial charge on any atom is 0.242 e. The van der Waals surface area contributed by atoms with Crippen LogP contribution < -0.4 is 20.1 Å². The van der Waals surface area contributed by atoms with Crippen molar-refractivity contribution >= 4 is 16.0 Å². The van der Waals surface area contributed by atoms with E-state index >= 15 is 0 Å². The molecule has 2 rings (SSSR count). The van der Waals surface area contributed by atoms with Crippen molar-refractivity contribution in [3.8, 4) is 5.75 Å². The molecule has 8 nitrogen and oxygen atoms in total. The Morgan fingerprint density at radius 2 is 1.85 bits per heavy atom. The minimum absolute atomic E-state index is 0.139. The molecule has 0 aliphatic rings. The van der Waals surface area contributed by atoms with Gasteiger partial charge in [-0.25, -0.2) is 13.1 Å². The fourth-order valence-corrected chi connectivity index (χ4v) is 3.03. The molecule has 9 heteroatoms. The largest absolute Gasteiger partial charge is 0.492 e. The van der Waals surface area contributed by atoms with Crippen LogP contribution in [0.5, 0.6) is 5.75 Å². The number of ether oxygens (including phenoxy) is 1. The van der Waals surface area contributed by atoms with Crippen LogP contribution in [0.25, 0.3) is 0 Å². The van der Waals surface area contributed by atoms with Gasteiger partial charge in [-0.3, -0.25) is 9.98 Å². The fourth-order valence-electron chi connectivity index (χ4n) is 2.03. The Morgan fingerprint density at radius 3 is 2.54 bits per heavy atom. The van der Waals surface area contributed by atoms with E-state index in [4.69, 9.17) is 4.74 Å². The summed E-state index contributed by atoms with van der Waals surface area (Å²) >= 11 is 0. The third-order valence-electron chi connectivity index (χ3n) is 3.28. The first-order chi connectivity index (χ1) is 12.6. The molecule has 1 aromatic carbocycles. The van der Waals surface area contributed by atoms with Gasteiger partial charge in [-0.05, 0) is 24.3 Å². The SMILES string of the molecule is CN=C(NCCNS(=O)(=O)c1cccnc1)NCCOc1ccccc1. The van der Waals surface area contributed by atoms with Gasteiger partial charge >= 0.3 is 0 Å². The Kier molecular flexibility index (Phi) is 7.84. The van der Waals surface area contributed by atoms with E-state index in [9.17, 15) is 8.42 Å². The summed E-state index contributed by atoms with van der Waals surface area (Å²) in [5.41, 5.74) is 0. The molecule has 0 atom stereocenters. The average Bonchev–Trinajstić information content (AvgIpc) is 2.68. The highest BCUT2D eigenvalue weighted by atomic mass is 32.2. The van der Waals surface area contributed by atoms with Crippen LogP contribution in [0.4, 0.5) is 0 Å². The second-order valence-corrected chi connectivity index (χ2v) is 6.94. The maximum absolute atomic E-state index is 12.1. The van der Waals surface area contributed by atoms with Gasteiger partial charge in [-0.1, -0.05) is 18.2 Å². The van der Waals surface area contributed by atoms with Crippen molar-refractivity contribution in [2.45, 2.75) is 4.90 Å². The predicted octanol–water partition coefficient (Wildman–Crippen LogP) is 0.604. The monoisotopic (exact) mass is 377 g/mol. The molecule has 0 saturated heterocycles. The Hall–Kier alpha value is -2.65. The molecule has 0 aliphatic heterocycles. The molecule has 3 N–H and O–H groups in total. The van der Waals surface area contributed by atoms with Crippen molar-refractivity contribution in [3.63, 3.8) is 0 Å². The number of benzene rings is 1. The first-order valence-corrected chi connectivity index (χ1v) is 9.62. The van der Waals surface area contributed by atoms with E-state index in [2.05, 4.69) is 25.3 Å². The second kappa shape index (κ2) is 10.4. The summed E-state index contributed by atoms with van der Waals surface area (Å²) in [6.45, 7) is 1.66. The van der Waals surface area contributed by atoms with Crippen LogP contribution in [0.15, 0.2) is 64.7 Å². The lowest BCUT2D eigenvalue weighted by atomic mass is 10.3. The van der Waals surface area contributed by atoms with Gasteiger partial charge in [0.2, 0.25) is 10.0 Å². The molecule has 140 valence electrons. The Labute approximate surface area is 153 Å². The van der Waals surface area contributed by atoms with Crippen LogP contribution in [-0.2, 0) is 10.0 Å². The number of hydrogen-bond acceptors (Lipinski definition) is 5. The smallest absolute Gasteiger partial charge is 0.242 e. The van der Waals surface area contributed by atoms with Crippen LogP contribution in [0.2, 0.25) is 0 Å². The van der Waals surface area contributed by atoms with Crippen molar-refractivity contribution in [2.75, 3.05) is 33.3 Å². The van der Waals surface area contributed by atoms with Gasteiger partial charge in [-0.15, -0.1) is 0 Å². The van der Waals surface area contributed by atoms with E-state index < -0.39 is 10.0 Å². The van der Waals surface area contributed by atoms with Crippen molar-refractivity contribution < 1.29 is 13.2 Å². The molecule has 0 amide bonds. The van der Waals surface area contributed by atoms with E-state index in [1.807, 2.05) is 30.3 Å². The number of rotatable bonds is 9. The van der Waals surface area contributed by atoms with E-state index in [0.717, 1.165) is 5.75 Å². The Balaban J connectivity index is 1.64. The summed E-state index contributed by atoms with van der Waals surface area (Å²) in [5, 5.41) is 6.13. The number of nitrogens with zero attached hydrogens (tertiary/aromatic N) is 2. The zero-order valence-electron chi connectivity index (χ0n) is 14.6. The van der Waals surface area contributed by atoms with E-state index in [1.54, 1.807) is 13.1 Å². The van der Waals surface area contributed by atoms with Crippen molar-refractivity contribution in [3.05, 3.63) is 54.9 Å². The number of hydrogen-bond donors (Lipinski definition) is 3. The van der Waals surface area contributed by atoms with Crippen LogP contribution in [0.1, 0.15) is 0 Å². The molecule has 0 bridgehead atoms. The van der Waals surface area contributed by atoms with Crippen LogP contribution in [-0.4, -0.2) is 52.7 Å². The van der Waals surface area contributed by atoms with Gasteiger partial charge < -0.3 is 15.4 Å². The molecular formula is C17H23N5O3S. The summed E-state index contributed by atoms with van der Waals surface area (Å²) in [4.78, 5) is 8.02. The highest BCUT2D eigenvalue weighted by Gasteiger charge is 2.12. The normalized spacial score (nSPS) is 11.8. The van der Waals surface area contributed by atoms with E-state index in [-0.39, 0.29) is 11.4 Å². The number of aliphatic imine (C=N–C) groups is 1. The zero-order valence-corrected chi connectivity index (χ0v) is 15.4. The number of nitrogens with one attached hydrogen (secondary N) is 3. The maximum atomic E-state index is 12.1. The van der Waals surface area contributed by atoms with Crippen LogP contribution >= 0.6 is 0 Å². The number of sulfonamides is 1. The summed E-state index contributed by atoms with van der Waals surface area (Å²) in [5.74, 6) is 1.38. The number of guanidine groups is 1. The first kappa shape index (κ1) is 19.7. The molecule has 2 aromatic rings. The molecule has 0 aliphatic carbocycles. The quantitative estimate of drug-likeness (QED) is 0.336. The third kappa shape index (κ3) is 6.69. The Morgan fingerprint density at radius 1 is 1.08 bits per heavy atom. The molecule has 0 unspecified atom stereocenters. The summed E-state index contributed by atoms with van der Waals surface area (Å²) in [7, 11) is -1.90. The van der Waals surface area contributed by atoms with Crippen molar-refractivity contribution in [1.82, 2.24) is 20.3 Å². The topological polar surface area (TPSA) is 105 Å². The molecular weight excluding hydrogens is 354 g/mol. The fraction of sp³-hybridized carbons (Fsp3) is 0.294. The third-order valence-corrected chi connectivity index (χ3v) is 4.73. The minimum atomic E-state index is -3.55. The average molecular weight is 377 g/mol. The summed E-state index contributed by atoms with van der Waals surface area (Å²) in [6, 6.07) is 12.6. The van der Waals surface area contributed by atoms with Gasteiger partial charge in [0, 0.05) is 32.5 Å². The number of aromatic nitrogens is 1. The lowest BCUT2D eigenvalue weighted by Gasteiger charge is -2.13. The van der Waals surface area contributed by atoms with Crippen LogP contribution in [0.3, 0.4) is 0 Å². The highest BCUT2D eigenvalue weighted by molar-refractivity contribution is 7.89. The first-order valence-electron chi connectivity index (χ1n) is 8.14. The second-order valence-electron chi connectivity index (χ2n) is 5.17. The van der Waals surface area contributed by atoms with Gasteiger partial charge in [0.1, 0.15) is 17.3 Å². The lowest BCUT2D eigenvalue weighted by molar-refractivity contribution is 0.322. The Bertz CT molecular complexity index is 783. The zero-order chi connectivity index (χ0) is 18.7. The van der Waals surface area contributed by atoms with Gasteiger partial charge in [-0.2, -0.15) is 0 Å². The van der Waals surface area contributed by atoms with Gasteiger partial charge in [0.15, 0.2) is 5.96 Å². The van der Waals surface area contributed by atoms with E-state index in [1.165, 1.54) is 18.5 Å². The van der Waals surface area contributed by atoms with Gasteiger partial charge in [0.25, 0.3) is 0 Å². The lowest BCUT2D eigenvalue weighted by Crippen LogP contribution is -2.42. The molecule has 0 radical (unpaired) electrons. The van der Waals surface area contributed by atoms with Crippen LogP contribution in [0, 0.1) is 0 Å². The van der Waals surface area contributed by atoms with Gasteiger partial charge in [0.05, 0.1) is 6.54 Å². The molecule has 1 heterocycles. The predicted molar refractivity (Wildman–Crippen MR) is 101 cm³/mol. The standard InChI is InChI=1S/C17H23N5O3S/c1-18-17(21-12-13-25-15-6-3-2-4-7-15)20-10-11-22-26(23,24)16-8-5-9-19-14-16/h2-9,14,22H,10-13H2,1H3,(H2,18,20,21). The van der Waals surface area contributed by atoms with E-state index in [0.29, 0.717) is 25.7 Å². The van der Waals surface area contributed by atoms with Crippen molar-refractivity contribution in [1.29, 1.82) is 0 Å². The molecule has 0 fully saturated rings. The molecule has 26 heavy (non-hydrogen) atoms. The van der Waals surface area contributed by atoms with Crippen molar-refractivity contribution in [2.24, 2.45) is 4.99 Å². The molecule has 1 aromatic heterocycles.